The summed E-state index contributed by atoms with van der Waals surface area (Å²) in [4.78, 5) is 12.3. The van der Waals surface area contributed by atoms with Crippen molar-refractivity contribution in [1.29, 1.82) is 0 Å². The second-order valence-electron chi connectivity index (χ2n) is 5.95. The van der Waals surface area contributed by atoms with Crippen molar-refractivity contribution in [1.82, 2.24) is 5.32 Å². The molecule has 0 heterocycles. The molecule has 23 heavy (non-hydrogen) atoms. The average molecular weight is 303 g/mol. The highest BCUT2D eigenvalue weighted by atomic mass is 16.1. The van der Waals surface area contributed by atoms with Crippen molar-refractivity contribution in [2.75, 3.05) is 0 Å². The molecule has 0 fully saturated rings. The van der Waals surface area contributed by atoms with Gasteiger partial charge in [-0.05, 0) is 28.3 Å². The molecule has 0 aliphatic rings. The molecule has 3 aromatic carbocycles. The van der Waals surface area contributed by atoms with Gasteiger partial charge in [-0.1, -0.05) is 79.7 Å². The molecule has 0 aromatic heterocycles. The Morgan fingerprint density at radius 2 is 1.61 bits per heavy atom. The number of fused-ring (bicyclic) bond motifs is 1. The molecule has 0 radical (unpaired) electrons. The van der Waals surface area contributed by atoms with Gasteiger partial charge in [0.2, 0.25) is 5.91 Å². The second kappa shape index (κ2) is 7.10. The lowest BCUT2D eigenvalue weighted by atomic mass is 10.00. The van der Waals surface area contributed by atoms with E-state index in [9.17, 15) is 4.79 Å². The Bertz CT molecular complexity index is 790. The fraction of sp³-hybridized carbons (Fsp3) is 0.190. The van der Waals surface area contributed by atoms with Crippen molar-refractivity contribution in [2.45, 2.75) is 19.9 Å². The highest BCUT2D eigenvalue weighted by molar-refractivity contribution is 5.86. The first-order chi connectivity index (χ1) is 11.2. The molecule has 0 aliphatic carbocycles. The van der Waals surface area contributed by atoms with Crippen LogP contribution in [0, 0.1) is 5.92 Å². The molecule has 0 spiro atoms. The summed E-state index contributed by atoms with van der Waals surface area (Å²) in [5.74, 6) is 0.0640. The van der Waals surface area contributed by atoms with Crippen LogP contribution in [0.5, 0.6) is 0 Å². The molecule has 1 atom stereocenters. The lowest BCUT2D eigenvalue weighted by Crippen LogP contribution is -2.29. The molecule has 0 unspecified atom stereocenters. The van der Waals surface area contributed by atoms with E-state index in [4.69, 9.17) is 0 Å². The Balaban J connectivity index is 1.64. The number of carbonyl (C=O) groups excluding carboxylic acids is 1. The molecular formula is C21H21NO. The van der Waals surface area contributed by atoms with Crippen LogP contribution in [-0.2, 0) is 17.8 Å². The SMILES string of the molecule is C[C@@H](Cc1ccccc1)C(=O)NCc1cccc2ccccc12. The van der Waals surface area contributed by atoms with Crippen LogP contribution < -0.4 is 5.32 Å². The minimum atomic E-state index is -0.0348. The van der Waals surface area contributed by atoms with Crippen LogP contribution in [0.1, 0.15) is 18.1 Å². The fourth-order valence-corrected chi connectivity index (χ4v) is 2.86. The Kier molecular flexibility index (Phi) is 4.72. The number of nitrogens with one attached hydrogen (secondary N) is 1. The third-order valence-electron chi connectivity index (χ3n) is 4.17. The fourth-order valence-electron chi connectivity index (χ4n) is 2.86. The van der Waals surface area contributed by atoms with Crippen molar-refractivity contribution in [2.24, 2.45) is 5.92 Å². The van der Waals surface area contributed by atoms with Crippen molar-refractivity contribution < 1.29 is 4.79 Å². The van der Waals surface area contributed by atoms with Gasteiger partial charge in [0.05, 0.1) is 0 Å². The average Bonchev–Trinajstić information content (AvgIpc) is 2.60. The van der Waals surface area contributed by atoms with E-state index in [1.165, 1.54) is 16.3 Å². The van der Waals surface area contributed by atoms with E-state index in [0.29, 0.717) is 6.54 Å². The van der Waals surface area contributed by atoms with Gasteiger partial charge in [-0.3, -0.25) is 4.79 Å². The van der Waals surface area contributed by atoms with Gasteiger partial charge < -0.3 is 5.32 Å². The highest BCUT2D eigenvalue weighted by Crippen LogP contribution is 2.18. The number of hydrogen-bond donors (Lipinski definition) is 1. The molecule has 1 amide bonds. The van der Waals surface area contributed by atoms with Crippen LogP contribution in [-0.4, -0.2) is 5.91 Å². The summed E-state index contributed by atoms with van der Waals surface area (Å²) in [6.45, 7) is 2.55. The number of benzene rings is 3. The minimum Gasteiger partial charge on any atom is -0.352 e. The molecule has 2 nitrogen and oxygen atoms in total. The molecule has 0 saturated heterocycles. The van der Waals surface area contributed by atoms with Gasteiger partial charge in [-0.2, -0.15) is 0 Å². The van der Waals surface area contributed by atoms with Gasteiger partial charge in [0.25, 0.3) is 0 Å². The number of amides is 1. The molecule has 116 valence electrons. The lowest BCUT2D eigenvalue weighted by molar-refractivity contribution is -0.124. The van der Waals surface area contributed by atoms with Crippen LogP contribution in [0.3, 0.4) is 0 Å². The largest absolute Gasteiger partial charge is 0.352 e. The van der Waals surface area contributed by atoms with Crippen molar-refractivity contribution in [3.05, 3.63) is 83.9 Å². The topological polar surface area (TPSA) is 29.1 Å². The first kappa shape index (κ1) is 15.3. The van der Waals surface area contributed by atoms with Crippen molar-refractivity contribution >= 4 is 16.7 Å². The lowest BCUT2D eigenvalue weighted by Gasteiger charge is -2.13. The zero-order valence-corrected chi connectivity index (χ0v) is 13.3. The molecule has 3 aromatic rings. The maximum Gasteiger partial charge on any atom is 0.223 e. The summed E-state index contributed by atoms with van der Waals surface area (Å²) >= 11 is 0. The van der Waals surface area contributed by atoms with Crippen LogP contribution >= 0.6 is 0 Å². The van der Waals surface area contributed by atoms with E-state index in [1.807, 2.05) is 43.3 Å². The van der Waals surface area contributed by atoms with Crippen LogP contribution in [0.4, 0.5) is 0 Å². The van der Waals surface area contributed by atoms with Gasteiger partial charge >= 0.3 is 0 Å². The number of rotatable bonds is 5. The zero-order valence-electron chi connectivity index (χ0n) is 13.3. The molecule has 2 heteroatoms. The van der Waals surface area contributed by atoms with E-state index < -0.39 is 0 Å². The first-order valence-electron chi connectivity index (χ1n) is 8.02. The van der Waals surface area contributed by atoms with Crippen LogP contribution in [0.2, 0.25) is 0 Å². The highest BCUT2D eigenvalue weighted by Gasteiger charge is 2.13. The summed E-state index contributed by atoms with van der Waals surface area (Å²) < 4.78 is 0. The van der Waals surface area contributed by atoms with Gasteiger partial charge in [0.15, 0.2) is 0 Å². The monoisotopic (exact) mass is 303 g/mol. The van der Waals surface area contributed by atoms with Gasteiger partial charge in [-0.25, -0.2) is 0 Å². The maximum absolute atomic E-state index is 12.3. The summed E-state index contributed by atoms with van der Waals surface area (Å²) in [6, 6.07) is 24.6. The molecule has 0 aliphatic heterocycles. The Morgan fingerprint density at radius 1 is 0.913 bits per heavy atom. The predicted octanol–water partition coefficient (Wildman–Crippen LogP) is 4.33. The molecule has 0 bridgehead atoms. The van der Waals surface area contributed by atoms with Crippen molar-refractivity contribution in [3.8, 4) is 0 Å². The summed E-state index contributed by atoms with van der Waals surface area (Å²) in [6.07, 6.45) is 0.766. The Hall–Kier alpha value is -2.61. The third-order valence-corrected chi connectivity index (χ3v) is 4.17. The standard InChI is InChI=1S/C21H21NO/c1-16(14-17-8-3-2-4-9-17)21(23)22-15-19-12-7-11-18-10-5-6-13-20(18)19/h2-13,16H,14-15H2,1H3,(H,22,23)/t16-/m0/s1. The van der Waals surface area contributed by atoms with Crippen molar-refractivity contribution in [3.63, 3.8) is 0 Å². The van der Waals surface area contributed by atoms with Gasteiger partial charge in [0.1, 0.15) is 0 Å². The van der Waals surface area contributed by atoms with E-state index in [0.717, 1.165) is 12.0 Å². The van der Waals surface area contributed by atoms with Crippen LogP contribution in [0.15, 0.2) is 72.8 Å². The number of hydrogen-bond acceptors (Lipinski definition) is 1. The van der Waals surface area contributed by atoms with E-state index in [1.54, 1.807) is 0 Å². The molecular weight excluding hydrogens is 282 g/mol. The van der Waals surface area contributed by atoms with Crippen LogP contribution in [0.25, 0.3) is 10.8 Å². The van der Waals surface area contributed by atoms with E-state index in [2.05, 4.69) is 41.7 Å². The van der Waals surface area contributed by atoms with Gasteiger partial charge in [-0.15, -0.1) is 0 Å². The molecule has 1 N–H and O–H groups in total. The normalized spacial score (nSPS) is 12.0. The predicted molar refractivity (Wildman–Crippen MR) is 95.1 cm³/mol. The quantitative estimate of drug-likeness (QED) is 0.746. The number of carbonyl (C=O) groups is 1. The van der Waals surface area contributed by atoms with Gasteiger partial charge in [0, 0.05) is 12.5 Å². The first-order valence-corrected chi connectivity index (χ1v) is 8.02. The summed E-state index contributed by atoms with van der Waals surface area (Å²) in [7, 11) is 0. The van der Waals surface area contributed by atoms with E-state index in [-0.39, 0.29) is 11.8 Å². The molecule has 0 saturated carbocycles. The zero-order chi connectivity index (χ0) is 16.1. The van der Waals surface area contributed by atoms with E-state index >= 15 is 0 Å². The Morgan fingerprint density at radius 3 is 2.43 bits per heavy atom. The smallest absolute Gasteiger partial charge is 0.223 e. The summed E-state index contributed by atoms with van der Waals surface area (Å²) in [5.41, 5.74) is 2.35. The second-order valence-corrected chi connectivity index (χ2v) is 5.95. The summed E-state index contributed by atoms with van der Waals surface area (Å²) in [5, 5.41) is 5.48. The molecule has 3 rings (SSSR count). The maximum atomic E-state index is 12.3. The Labute approximate surface area is 137 Å². The third kappa shape index (κ3) is 3.78. The minimum absolute atomic E-state index is 0.0348.